The van der Waals surface area contributed by atoms with E-state index in [1.807, 2.05) is 6.07 Å². The van der Waals surface area contributed by atoms with Crippen molar-refractivity contribution in [3.05, 3.63) is 70.1 Å². The molecule has 3 aromatic rings. The third-order valence-electron chi connectivity index (χ3n) is 3.77. The summed E-state index contributed by atoms with van der Waals surface area (Å²) < 4.78 is 10.3. The lowest BCUT2D eigenvalue weighted by Crippen LogP contribution is -2.25. The Morgan fingerprint density at radius 2 is 2.07 bits per heavy atom. The maximum Gasteiger partial charge on any atom is 0.273 e. The first kappa shape index (κ1) is 18.1. The van der Waals surface area contributed by atoms with Crippen LogP contribution >= 0.6 is 0 Å². The summed E-state index contributed by atoms with van der Waals surface area (Å²) in [5.41, 5.74) is 0.962. The minimum atomic E-state index is -0.513. The fraction of sp³-hybridized carbons (Fsp3) is 0.167. The third kappa shape index (κ3) is 4.46. The molecule has 0 unspecified atom stereocenters. The van der Waals surface area contributed by atoms with Gasteiger partial charge in [0.1, 0.15) is 5.75 Å². The number of nitrogens with zero attached hydrogens (tertiary/aromatic N) is 3. The van der Waals surface area contributed by atoms with E-state index in [9.17, 15) is 14.9 Å². The molecule has 0 spiro atoms. The van der Waals surface area contributed by atoms with Crippen LogP contribution in [0.25, 0.3) is 11.4 Å². The molecule has 1 amide bonds. The summed E-state index contributed by atoms with van der Waals surface area (Å²) in [6, 6.07) is 13.3. The van der Waals surface area contributed by atoms with Crippen molar-refractivity contribution >= 4 is 11.6 Å². The molecule has 2 aromatic carbocycles. The van der Waals surface area contributed by atoms with Crippen molar-refractivity contribution < 1.29 is 19.0 Å². The van der Waals surface area contributed by atoms with Crippen LogP contribution in [0.3, 0.4) is 0 Å². The Labute approximate surface area is 154 Å². The fourth-order valence-electron chi connectivity index (χ4n) is 2.45. The number of hydrogen-bond acceptors (Lipinski definition) is 7. The second-order valence-electron chi connectivity index (χ2n) is 5.58. The van der Waals surface area contributed by atoms with Crippen LogP contribution in [-0.4, -0.2) is 28.1 Å². The van der Waals surface area contributed by atoms with Crippen LogP contribution in [0.15, 0.2) is 53.1 Å². The molecular weight excluding hydrogens is 352 g/mol. The molecule has 138 valence electrons. The highest BCUT2D eigenvalue weighted by molar-refractivity contribution is 5.79. The number of para-hydroxylation sites is 1. The van der Waals surface area contributed by atoms with Gasteiger partial charge in [-0.1, -0.05) is 35.5 Å². The number of ether oxygens (including phenoxy) is 1. The summed E-state index contributed by atoms with van der Waals surface area (Å²) in [6.07, 6.45) is -0.117. The summed E-state index contributed by atoms with van der Waals surface area (Å²) >= 11 is 0. The van der Waals surface area contributed by atoms with Gasteiger partial charge in [0.2, 0.25) is 17.6 Å². The molecule has 0 aliphatic rings. The standard InChI is InChI=1S/C18H16N4O5/c1-26-14-7-4-6-13(9-14)18-20-17(27-21-18)11-19-16(23)10-12-5-2-3-8-15(12)22(24)25/h2-9H,10-11H2,1H3,(H,19,23). The number of hydrogen-bond donors (Lipinski definition) is 1. The highest BCUT2D eigenvalue weighted by Gasteiger charge is 2.16. The highest BCUT2D eigenvalue weighted by Crippen LogP contribution is 2.21. The van der Waals surface area contributed by atoms with Crippen LogP contribution < -0.4 is 10.1 Å². The van der Waals surface area contributed by atoms with Crippen LogP contribution in [-0.2, 0) is 17.8 Å². The monoisotopic (exact) mass is 368 g/mol. The Hall–Kier alpha value is -3.75. The molecule has 27 heavy (non-hydrogen) atoms. The fourth-order valence-corrected chi connectivity index (χ4v) is 2.45. The summed E-state index contributed by atoms with van der Waals surface area (Å²) in [6.45, 7) is 0.0242. The average molecular weight is 368 g/mol. The van der Waals surface area contributed by atoms with Crippen molar-refractivity contribution in [3.8, 4) is 17.1 Å². The molecule has 9 heteroatoms. The molecule has 0 saturated heterocycles. The van der Waals surface area contributed by atoms with Gasteiger partial charge in [-0.15, -0.1) is 0 Å². The van der Waals surface area contributed by atoms with Gasteiger partial charge in [0.15, 0.2) is 0 Å². The van der Waals surface area contributed by atoms with Crippen molar-refractivity contribution in [2.45, 2.75) is 13.0 Å². The van der Waals surface area contributed by atoms with Gasteiger partial charge in [-0.05, 0) is 12.1 Å². The topological polar surface area (TPSA) is 120 Å². The molecule has 3 rings (SSSR count). The molecule has 0 bridgehead atoms. The summed E-state index contributed by atoms with van der Waals surface area (Å²) in [5, 5.41) is 17.5. The molecule has 9 nitrogen and oxygen atoms in total. The van der Waals surface area contributed by atoms with Crippen LogP contribution in [0.5, 0.6) is 5.75 Å². The zero-order valence-corrected chi connectivity index (χ0v) is 14.4. The van der Waals surface area contributed by atoms with E-state index in [1.54, 1.807) is 43.5 Å². The Balaban J connectivity index is 1.62. The van der Waals surface area contributed by atoms with Crippen LogP contribution in [0.1, 0.15) is 11.5 Å². The normalized spacial score (nSPS) is 10.4. The van der Waals surface area contributed by atoms with Gasteiger partial charge in [-0.25, -0.2) is 0 Å². The van der Waals surface area contributed by atoms with Gasteiger partial charge in [-0.3, -0.25) is 14.9 Å². The molecular formula is C18H16N4O5. The van der Waals surface area contributed by atoms with Gasteiger partial charge >= 0.3 is 0 Å². The van der Waals surface area contributed by atoms with E-state index in [0.717, 1.165) is 5.56 Å². The molecule has 0 aliphatic heterocycles. The Bertz CT molecular complexity index is 970. The van der Waals surface area contributed by atoms with E-state index in [2.05, 4.69) is 15.5 Å². The molecule has 1 aromatic heterocycles. The van der Waals surface area contributed by atoms with Gasteiger partial charge < -0.3 is 14.6 Å². The number of rotatable bonds is 7. The number of carbonyl (C=O) groups excluding carboxylic acids is 1. The number of aromatic nitrogens is 2. The molecule has 0 saturated carbocycles. The van der Waals surface area contributed by atoms with Gasteiger partial charge in [0.25, 0.3) is 5.69 Å². The number of nitro groups is 1. The van der Waals surface area contributed by atoms with E-state index in [-0.39, 0.29) is 30.5 Å². The minimum absolute atomic E-state index is 0.0242. The average Bonchev–Trinajstić information content (AvgIpc) is 3.16. The van der Waals surface area contributed by atoms with Crippen LogP contribution in [0.2, 0.25) is 0 Å². The molecule has 0 aliphatic carbocycles. The lowest BCUT2D eigenvalue weighted by Gasteiger charge is -2.03. The lowest BCUT2D eigenvalue weighted by atomic mass is 10.1. The van der Waals surface area contributed by atoms with E-state index >= 15 is 0 Å². The highest BCUT2D eigenvalue weighted by atomic mass is 16.6. The predicted molar refractivity (Wildman–Crippen MR) is 94.9 cm³/mol. The maximum absolute atomic E-state index is 12.1. The zero-order chi connectivity index (χ0) is 19.2. The Morgan fingerprint density at radius 1 is 1.26 bits per heavy atom. The Kier molecular flexibility index (Phi) is 5.41. The quantitative estimate of drug-likeness (QED) is 0.502. The van der Waals surface area contributed by atoms with E-state index in [1.165, 1.54) is 6.07 Å². The first-order valence-corrected chi connectivity index (χ1v) is 8.03. The van der Waals surface area contributed by atoms with E-state index in [0.29, 0.717) is 17.1 Å². The van der Waals surface area contributed by atoms with Crippen molar-refractivity contribution in [2.75, 3.05) is 7.11 Å². The first-order chi connectivity index (χ1) is 13.1. The summed E-state index contributed by atoms with van der Waals surface area (Å²) in [7, 11) is 1.56. The number of benzene rings is 2. The smallest absolute Gasteiger partial charge is 0.273 e. The van der Waals surface area contributed by atoms with E-state index < -0.39 is 4.92 Å². The van der Waals surface area contributed by atoms with Gasteiger partial charge in [0.05, 0.1) is 25.0 Å². The maximum atomic E-state index is 12.1. The largest absolute Gasteiger partial charge is 0.497 e. The van der Waals surface area contributed by atoms with Crippen molar-refractivity contribution in [1.82, 2.24) is 15.5 Å². The first-order valence-electron chi connectivity index (χ1n) is 8.03. The van der Waals surface area contributed by atoms with Crippen molar-refractivity contribution in [2.24, 2.45) is 0 Å². The van der Waals surface area contributed by atoms with Crippen molar-refractivity contribution in [3.63, 3.8) is 0 Å². The number of carbonyl (C=O) groups is 1. The van der Waals surface area contributed by atoms with Crippen molar-refractivity contribution in [1.29, 1.82) is 0 Å². The number of amides is 1. The van der Waals surface area contributed by atoms with E-state index in [4.69, 9.17) is 9.26 Å². The summed E-state index contributed by atoms with van der Waals surface area (Å²) in [5.74, 6) is 0.877. The van der Waals surface area contributed by atoms with Crippen LogP contribution in [0.4, 0.5) is 5.69 Å². The molecule has 1 heterocycles. The molecule has 0 fully saturated rings. The SMILES string of the molecule is COc1cccc(-c2noc(CNC(=O)Cc3ccccc3[N+](=O)[O-])n2)c1. The second-order valence-corrected chi connectivity index (χ2v) is 5.58. The summed E-state index contributed by atoms with van der Waals surface area (Å²) in [4.78, 5) is 26.8. The Morgan fingerprint density at radius 3 is 2.85 bits per heavy atom. The zero-order valence-electron chi connectivity index (χ0n) is 14.4. The van der Waals surface area contributed by atoms with Crippen LogP contribution in [0, 0.1) is 10.1 Å². The molecule has 0 atom stereocenters. The lowest BCUT2D eigenvalue weighted by molar-refractivity contribution is -0.385. The second kappa shape index (κ2) is 8.09. The number of nitro benzene ring substituents is 1. The molecule has 0 radical (unpaired) electrons. The van der Waals surface area contributed by atoms with Gasteiger partial charge in [-0.2, -0.15) is 4.98 Å². The number of methoxy groups -OCH3 is 1. The number of nitrogens with one attached hydrogen (secondary N) is 1. The van der Waals surface area contributed by atoms with Gasteiger partial charge in [0, 0.05) is 17.2 Å². The third-order valence-corrected chi connectivity index (χ3v) is 3.77. The predicted octanol–water partition coefficient (Wildman–Crippen LogP) is 2.51. The molecule has 1 N–H and O–H groups in total. The minimum Gasteiger partial charge on any atom is -0.497 e.